The SMILES string of the molecule is COc1ccc(Cn2nc(Br)c3ncc(N4CCC(C)(CN)CC4)nc32)cc1. The van der Waals surface area contributed by atoms with Gasteiger partial charge < -0.3 is 15.4 Å². The van der Waals surface area contributed by atoms with Crippen LogP contribution in [0.25, 0.3) is 11.2 Å². The van der Waals surface area contributed by atoms with Crippen LogP contribution in [0.15, 0.2) is 35.1 Å². The molecule has 3 aromatic rings. The van der Waals surface area contributed by atoms with Gasteiger partial charge in [0.2, 0.25) is 0 Å². The van der Waals surface area contributed by atoms with Gasteiger partial charge in [-0.05, 0) is 58.4 Å². The quantitative estimate of drug-likeness (QED) is 0.650. The fraction of sp³-hybridized carbons (Fsp3) is 0.450. The average molecular weight is 445 g/mol. The molecule has 0 amide bonds. The van der Waals surface area contributed by atoms with Crippen LogP contribution in [0.2, 0.25) is 0 Å². The minimum Gasteiger partial charge on any atom is -0.497 e. The number of hydrogen-bond donors (Lipinski definition) is 1. The fourth-order valence-corrected chi connectivity index (χ4v) is 4.01. The summed E-state index contributed by atoms with van der Waals surface area (Å²) < 4.78 is 7.84. The van der Waals surface area contributed by atoms with E-state index >= 15 is 0 Å². The maximum absolute atomic E-state index is 5.94. The number of benzene rings is 1. The molecule has 4 rings (SSSR count). The van der Waals surface area contributed by atoms with Crippen molar-refractivity contribution in [3.8, 4) is 5.75 Å². The molecule has 2 aromatic heterocycles. The molecular formula is C20H25BrN6O. The fourth-order valence-electron chi connectivity index (χ4n) is 3.54. The molecule has 8 heteroatoms. The highest BCUT2D eigenvalue weighted by atomic mass is 79.9. The van der Waals surface area contributed by atoms with Crippen molar-refractivity contribution >= 4 is 32.9 Å². The molecule has 1 aliphatic rings. The number of ether oxygens (including phenoxy) is 1. The molecule has 0 unspecified atom stereocenters. The third-order valence-electron chi connectivity index (χ3n) is 5.67. The van der Waals surface area contributed by atoms with E-state index in [4.69, 9.17) is 15.5 Å². The lowest BCUT2D eigenvalue weighted by Gasteiger charge is -2.39. The van der Waals surface area contributed by atoms with Crippen molar-refractivity contribution in [2.24, 2.45) is 11.1 Å². The maximum atomic E-state index is 5.94. The Morgan fingerprint density at radius 1 is 1.21 bits per heavy atom. The zero-order valence-corrected chi connectivity index (χ0v) is 17.8. The van der Waals surface area contributed by atoms with Crippen LogP contribution in [-0.4, -0.2) is 46.5 Å². The summed E-state index contributed by atoms with van der Waals surface area (Å²) >= 11 is 3.52. The van der Waals surface area contributed by atoms with Crippen LogP contribution in [-0.2, 0) is 6.54 Å². The third-order valence-corrected chi connectivity index (χ3v) is 6.20. The molecule has 0 aliphatic carbocycles. The zero-order chi connectivity index (χ0) is 19.7. The molecule has 2 N–H and O–H groups in total. The highest BCUT2D eigenvalue weighted by Crippen LogP contribution is 2.32. The van der Waals surface area contributed by atoms with Crippen molar-refractivity contribution in [3.05, 3.63) is 40.6 Å². The topological polar surface area (TPSA) is 82.1 Å². The summed E-state index contributed by atoms with van der Waals surface area (Å²) in [6.45, 7) is 5.51. The van der Waals surface area contributed by atoms with Gasteiger partial charge in [0.25, 0.3) is 0 Å². The first-order valence-corrected chi connectivity index (χ1v) is 10.3. The number of aromatic nitrogens is 4. The second-order valence-corrected chi connectivity index (χ2v) is 8.45. The Bertz CT molecular complexity index is 963. The van der Waals surface area contributed by atoms with Gasteiger partial charge in [0.1, 0.15) is 17.1 Å². The summed E-state index contributed by atoms with van der Waals surface area (Å²) in [4.78, 5) is 11.8. The number of methoxy groups -OCH3 is 1. The van der Waals surface area contributed by atoms with Crippen LogP contribution in [0, 0.1) is 5.41 Å². The van der Waals surface area contributed by atoms with Gasteiger partial charge in [0.05, 0.1) is 19.9 Å². The van der Waals surface area contributed by atoms with E-state index in [2.05, 4.69) is 37.8 Å². The molecule has 7 nitrogen and oxygen atoms in total. The molecule has 1 saturated heterocycles. The highest BCUT2D eigenvalue weighted by Gasteiger charge is 2.29. The zero-order valence-electron chi connectivity index (χ0n) is 16.2. The minimum absolute atomic E-state index is 0.229. The molecule has 0 spiro atoms. The Morgan fingerprint density at radius 3 is 2.57 bits per heavy atom. The summed E-state index contributed by atoms with van der Waals surface area (Å²) in [6.07, 6.45) is 3.98. The van der Waals surface area contributed by atoms with E-state index in [1.807, 2.05) is 35.1 Å². The smallest absolute Gasteiger partial charge is 0.180 e. The van der Waals surface area contributed by atoms with Gasteiger partial charge in [-0.2, -0.15) is 5.10 Å². The lowest BCUT2D eigenvalue weighted by Crippen LogP contribution is -2.42. The number of piperidine rings is 1. The molecule has 1 aromatic carbocycles. The summed E-state index contributed by atoms with van der Waals surface area (Å²) in [5.74, 6) is 1.74. The van der Waals surface area contributed by atoms with E-state index in [9.17, 15) is 0 Å². The minimum atomic E-state index is 0.229. The summed E-state index contributed by atoms with van der Waals surface area (Å²) in [6, 6.07) is 7.98. The van der Waals surface area contributed by atoms with E-state index in [-0.39, 0.29) is 5.41 Å². The third kappa shape index (κ3) is 3.71. The molecular weight excluding hydrogens is 420 g/mol. The first-order chi connectivity index (χ1) is 13.5. The lowest BCUT2D eigenvalue weighted by molar-refractivity contribution is 0.258. The Labute approximate surface area is 173 Å². The maximum Gasteiger partial charge on any atom is 0.180 e. The van der Waals surface area contributed by atoms with Crippen molar-refractivity contribution in [1.29, 1.82) is 0 Å². The summed E-state index contributed by atoms with van der Waals surface area (Å²) in [5, 5.41) is 4.59. The van der Waals surface area contributed by atoms with Crippen molar-refractivity contribution < 1.29 is 4.74 Å². The lowest BCUT2D eigenvalue weighted by atomic mass is 9.80. The Balaban J connectivity index is 1.60. The van der Waals surface area contributed by atoms with Crippen LogP contribution in [0.5, 0.6) is 5.75 Å². The van der Waals surface area contributed by atoms with E-state index in [0.29, 0.717) is 11.1 Å². The number of hydrogen-bond acceptors (Lipinski definition) is 6. The van der Waals surface area contributed by atoms with Gasteiger partial charge in [-0.25, -0.2) is 14.6 Å². The van der Waals surface area contributed by atoms with Crippen molar-refractivity contribution in [3.63, 3.8) is 0 Å². The standard InChI is InChI=1S/C20H25BrN6O/c1-20(13-22)7-9-26(10-8-20)16-11-23-17-18(21)25-27(19(17)24-16)12-14-3-5-15(28-2)6-4-14/h3-6,11H,7-10,12-13,22H2,1-2H3. The van der Waals surface area contributed by atoms with Crippen molar-refractivity contribution in [1.82, 2.24) is 19.7 Å². The molecule has 0 radical (unpaired) electrons. The molecule has 1 aliphatic heterocycles. The van der Waals surface area contributed by atoms with Gasteiger partial charge in [0.15, 0.2) is 10.3 Å². The Kier molecular flexibility index (Phi) is 5.25. The van der Waals surface area contributed by atoms with E-state index in [1.54, 1.807) is 7.11 Å². The number of nitrogens with zero attached hydrogens (tertiary/aromatic N) is 5. The van der Waals surface area contributed by atoms with Crippen molar-refractivity contribution in [2.45, 2.75) is 26.3 Å². The van der Waals surface area contributed by atoms with Crippen molar-refractivity contribution in [2.75, 3.05) is 31.6 Å². The molecule has 3 heterocycles. The average Bonchev–Trinajstić information content (AvgIpc) is 3.04. The van der Waals surface area contributed by atoms with E-state index < -0.39 is 0 Å². The highest BCUT2D eigenvalue weighted by molar-refractivity contribution is 9.10. The second kappa shape index (κ2) is 7.67. The molecule has 148 valence electrons. The monoisotopic (exact) mass is 444 g/mol. The largest absolute Gasteiger partial charge is 0.497 e. The molecule has 0 saturated carbocycles. The predicted molar refractivity (Wildman–Crippen MR) is 114 cm³/mol. The predicted octanol–water partition coefficient (Wildman–Crippen LogP) is 3.21. The van der Waals surface area contributed by atoms with Crippen LogP contribution >= 0.6 is 15.9 Å². The summed E-state index contributed by atoms with van der Waals surface area (Å²) in [7, 11) is 1.67. The van der Waals surface area contributed by atoms with Crippen LogP contribution in [0.4, 0.5) is 5.82 Å². The second-order valence-electron chi connectivity index (χ2n) is 7.70. The Hall–Kier alpha value is -2.19. The van der Waals surface area contributed by atoms with Crippen LogP contribution in [0.1, 0.15) is 25.3 Å². The summed E-state index contributed by atoms with van der Waals surface area (Å²) in [5.41, 5.74) is 8.86. The van der Waals surface area contributed by atoms with E-state index in [1.165, 1.54) is 0 Å². The van der Waals surface area contributed by atoms with Crippen LogP contribution < -0.4 is 15.4 Å². The van der Waals surface area contributed by atoms with Gasteiger partial charge in [-0.3, -0.25) is 0 Å². The number of rotatable bonds is 5. The first-order valence-electron chi connectivity index (χ1n) is 9.48. The normalized spacial score (nSPS) is 16.5. The first kappa shape index (κ1) is 19.1. The number of anilines is 1. The number of fused-ring (bicyclic) bond motifs is 1. The molecule has 0 atom stereocenters. The van der Waals surface area contributed by atoms with Gasteiger partial charge in [-0.15, -0.1) is 0 Å². The van der Waals surface area contributed by atoms with Gasteiger partial charge >= 0.3 is 0 Å². The molecule has 1 fully saturated rings. The number of halogens is 1. The Morgan fingerprint density at radius 2 is 1.93 bits per heavy atom. The van der Waals surface area contributed by atoms with Crippen LogP contribution in [0.3, 0.4) is 0 Å². The van der Waals surface area contributed by atoms with Gasteiger partial charge in [0, 0.05) is 13.1 Å². The number of nitrogens with two attached hydrogens (primary N) is 1. The van der Waals surface area contributed by atoms with E-state index in [0.717, 1.165) is 60.8 Å². The molecule has 28 heavy (non-hydrogen) atoms. The van der Waals surface area contributed by atoms with Gasteiger partial charge in [-0.1, -0.05) is 19.1 Å². The molecule has 0 bridgehead atoms.